The van der Waals surface area contributed by atoms with Crippen LogP contribution in [0.25, 0.3) is 0 Å². The molecule has 6 heteroatoms. The second-order valence-electron chi connectivity index (χ2n) is 3.48. The highest BCUT2D eigenvalue weighted by atomic mass is 16.5. The van der Waals surface area contributed by atoms with Gasteiger partial charge in [-0.15, -0.1) is 0 Å². The normalized spacial score (nSPS) is 14.1. The van der Waals surface area contributed by atoms with Crippen LogP contribution in [0.4, 0.5) is 0 Å². The molecule has 1 aromatic heterocycles. The molecule has 0 bridgehead atoms. The Balaban J connectivity index is 2.89. The lowest BCUT2D eigenvalue weighted by atomic mass is 10.0. The van der Waals surface area contributed by atoms with E-state index < -0.39 is 18.2 Å². The van der Waals surface area contributed by atoms with Gasteiger partial charge in [0.15, 0.2) is 0 Å². The van der Waals surface area contributed by atoms with Gasteiger partial charge in [-0.05, 0) is 13.0 Å². The first-order valence-electron chi connectivity index (χ1n) is 5.28. The largest absolute Gasteiger partial charge is 0.462 e. The van der Waals surface area contributed by atoms with Crippen molar-refractivity contribution < 1.29 is 19.7 Å². The number of carbonyl (C=O) groups excluding carboxylic acids is 1. The number of nitrogens with zero attached hydrogens (tertiary/aromatic N) is 1. The quantitative estimate of drug-likeness (QED) is 0.605. The van der Waals surface area contributed by atoms with Gasteiger partial charge in [0.2, 0.25) is 0 Å². The zero-order chi connectivity index (χ0) is 12.8. The summed E-state index contributed by atoms with van der Waals surface area (Å²) < 4.78 is 4.80. The minimum atomic E-state index is -1.16. The number of hydrogen-bond acceptors (Lipinski definition) is 6. The lowest BCUT2D eigenvalue weighted by Crippen LogP contribution is -2.27. The maximum Gasteiger partial charge on any atom is 0.339 e. The molecule has 0 amide bonds. The molecule has 1 rings (SSSR count). The fourth-order valence-electron chi connectivity index (χ4n) is 1.30. The molecule has 0 fully saturated rings. The number of ether oxygens (including phenoxy) is 1. The van der Waals surface area contributed by atoms with Crippen molar-refractivity contribution in [2.45, 2.75) is 19.1 Å². The molecule has 0 saturated heterocycles. The molecule has 2 atom stereocenters. The Morgan fingerprint density at radius 1 is 1.53 bits per heavy atom. The summed E-state index contributed by atoms with van der Waals surface area (Å²) in [5, 5.41) is 19.1. The van der Waals surface area contributed by atoms with Gasteiger partial charge in [-0.3, -0.25) is 4.98 Å². The number of esters is 1. The molecule has 1 aromatic rings. The minimum absolute atomic E-state index is 0.0786. The standard InChI is InChI=1S/C11H16N2O4/c1-2-17-11(16)8-3-7(5-13-6-8)10(15)9(14)4-12/h3,5-6,9-10,14-15H,2,4,12H2,1H3. The molecule has 0 aliphatic rings. The lowest BCUT2D eigenvalue weighted by Gasteiger charge is -2.16. The highest BCUT2D eigenvalue weighted by Crippen LogP contribution is 2.17. The molecule has 0 radical (unpaired) electrons. The van der Waals surface area contributed by atoms with Gasteiger partial charge in [0, 0.05) is 24.5 Å². The SMILES string of the molecule is CCOC(=O)c1cncc(C(O)C(O)CN)c1. The van der Waals surface area contributed by atoms with Crippen LogP contribution in [0.1, 0.15) is 28.9 Å². The summed E-state index contributed by atoms with van der Waals surface area (Å²) in [7, 11) is 0. The average molecular weight is 240 g/mol. The number of aliphatic hydroxyl groups excluding tert-OH is 2. The molecule has 1 heterocycles. The Hall–Kier alpha value is -1.50. The van der Waals surface area contributed by atoms with Crippen LogP contribution in [0, 0.1) is 0 Å². The number of pyridine rings is 1. The monoisotopic (exact) mass is 240 g/mol. The van der Waals surface area contributed by atoms with Crippen molar-refractivity contribution in [3.63, 3.8) is 0 Å². The van der Waals surface area contributed by atoms with E-state index in [1.165, 1.54) is 18.5 Å². The smallest absolute Gasteiger partial charge is 0.339 e. The van der Waals surface area contributed by atoms with Crippen LogP contribution in [0.5, 0.6) is 0 Å². The number of nitrogens with two attached hydrogens (primary N) is 1. The van der Waals surface area contributed by atoms with Crippen LogP contribution >= 0.6 is 0 Å². The van der Waals surface area contributed by atoms with Crippen LogP contribution < -0.4 is 5.73 Å². The fraction of sp³-hybridized carbons (Fsp3) is 0.455. The molecule has 4 N–H and O–H groups in total. The van der Waals surface area contributed by atoms with Gasteiger partial charge < -0.3 is 20.7 Å². The number of rotatable bonds is 5. The lowest BCUT2D eigenvalue weighted by molar-refractivity contribution is 0.0239. The fourth-order valence-corrected chi connectivity index (χ4v) is 1.30. The number of carbonyl (C=O) groups is 1. The molecule has 0 aliphatic carbocycles. The average Bonchev–Trinajstić information content (AvgIpc) is 2.37. The van der Waals surface area contributed by atoms with Gasteiger partial charge in [-0.1, -0.05) is 0 Å². The summed E-state index contributed by atoms with van der Waals surface area (Å²) in [6.07, 6.45) is 0.450. The molecule has 0 aliphatic heterocycles. The van der Waals surface area contributed by atoms with Crippen LogP contribution in [0.2, 0.25) is 0 Å². The summed E-state index contributed by atoms with van der Waals surface area (Å²) in [5.41, 5.74) is 5.79. The Morgan fingerprint density at radius 2 is 2.24 bits per heavy atom. The predicted molar refractivity (Wildman–Crippen MR) is 60.2 cm³/mol. The first-order valence-corrected chi connectivity index (χ1v) is 5.28. The molecular weight excluding hydrogens is 224 g/mol. The van der Waals surface area contributed by atoms with Crippen molar-refractivity contribution in [2.24, 2.45) is 5.73 Å². The second-order valence-corrected chi connectivity index (χ2v) is 3.48. The zero-order valence-electron chi connectivity index (χ0n) is 9.54. The third-order valence-corrected chi connectivity index (χ3v) is 2.22. The van der Waals surface area contributed by atoms with Crippen molar-refractivity contribution in [1.29, 1.82) is 0 Å². The molecule has 17 heavy (non-hydrogen) atoms. The minimum Gasteiger partial charge on any atom is -0.462 e. The van der Waals surface area contributed by atoms with Crippen LogP contribution in [-0.2, 0) is 4.74 Å². The maximum atomic E-state index is 11.4. The van der Waals surface area contributed by atoms with Crippen molar-refractivity contribution in [1.82, 2.24) is 4.98 Å². The van der Waals surface area contributed by atoms with Gasteiger partial charge in [-0.2, -0.15) is 0 Å². The number of hydrogen-bond donors (Lipinski definition) is 3. The van der Waals surface area contributed by atoms with Crippen LogP contribution in [0.3, 0.4) is 0 Å². The third-order valence-electron chi connectivity index (χ3n) is 2.22. The summed E-state index contributed by atoms with van der Waals surface area (Å²) in [6.45, 7) is 1.88. The molecule has 6 nitrogen and oxygen atoms in total. The Labute approximate surface area is 99.0 Å². The maximum absolute atomic E-state index is 11.4. The van der Waals surface area contributed by atoms with Gasteiger partial charge in [0.05, 0.1) is 18.3 Å². The van der Waals surface area contributed by atoms with E-state index in [0.29, 0.717) is 5.56 Å². The Bertz CT molecular complexity index is 383. The molecule has 2 unspecified atom stereocenters. The highest BCUT2D eigenvalue weighted by Gasteiger charge is 2.18. The van der Waals surface area contributed by atoms with Crippen molar-refractivity contribution in [3.8, 4) is 0 Å². The molecule has 94 valence electrons. The first-order chi connectivity index (χ1) is 8.10. The van der Waals surface area contributed by atoms with Gasteiger partial charge in [0.1, 0.15) is 6.10 Å². The zero-order valence-corrected chi connectivity index (χ0v) is 9.54. The van der Waals surface area contributed by atoms with Crippen molar-refractivity contribution in [3.05, 3.63) is 29.6 Å². The Kier molecular flexibility index (Phi) is 5.02. The summed E-state index contributed by atoms with van der Waals surface area (Å²) in [4.78, 5) is 15.2. The van der Waals surface area contributed by atoms with E-state index in [1.54, 1.807) is 6.92 Å². The summed E-state index contributed by atoms with van der Waals surface area (Å²) in [6, 6.07) is 1.43. The highest BCUT2D eigenvalue weighted by molar-refractivity contribution is 5.89. The van der Waals surface area contributed by atoms with E-state index >= 15 is 0 Å². The van der Waals surface area contributed by atoms with Crippen molar-refractivity contribution >= 4 is 5.97 Å². The number of aliphatic hydroxyl groups is 2. The topological polar surface area (TPSA) is 106 Å². The predicted octanol–water partition coefficient (Wildman–Crippen LogP) is -0.389. The molecule has 0 saturated carbocycles. The van der Waals surface area contributed by atoms with E-state index in [9.17, 15) is 15.0 Å². The second kappa shape index (κ2) is 6.29. The molecular formula is C11H16N2O4. The van der Waals surface area contributed by atoms with Gasteiger partial charge >= 0.3 is 5.97 Å². The van der Waals surface area contributed by atoms with E-state index in [2.05, 4.69) is 4.98 Å². The van der Waals surface area contributed by atoms with Crippen molar-refractivity contribution in [2.75, 3.05) is 13.2 Å². The Morgan fingerprint density at radius 3 is 2.82 bits per heavy atom. The number of aromatic nitrogens is 1. The van der Waals surface area contributed by atoms with E-state index in [4.69, 9.17) is 10.5 Å². The first kappa shape index (κ1) is 13.6. The van der Waals surface area contributed by atoms with Crippen LogP contribution in [0.15, 0.2) is 18.5 Å². The van der Waals surface area contributed by atoms with Gasteiger partial charge in [-0.25, -0.2) is 4.79 Å². The van der Waals surface area contributed by atoms with E-state index in [-0.39, 0.29) is 18.7 Å². The molecule has 0 spiro atoms. The molecule has 0 aromatic carbocycles. The van der Waals surface area contributed by atoms with E-state index in [1.807, 2.05) is 0 Å². The van der Waals surface area contributed by atoms with E-state index in [0.717, 1.165) is 0 Å². The summed E-state index contributed by atoms with van der Waals surface area (Å²) >= 11 is 0. The summed E-state index contributed by atoms with van der Waals surface area (Å²) in [5.74, 6) is -0.517. The van der Waals surface area contributed by atoms with Crippen LogP contribution in [-0.4, -0.2) is 40.4 Å². The van der Waals surface area contributed by atoms with Gasteiger partial charge in [0.25, 0.3) is 0 Å². The third kappa shape index (κ3) is 3.48.